The van der Waals surface area contributed by atoms with Gasteiger partial charge in [0.2, 0.25) is 0 Å². The number of pyridine rings is 2. The molecule has 0 radical (unpaired) electrons. The fourth-order valence-corrected chi connectivity index (χ4v) is 2.72. The van der Waals surface area contributed by atoms with E-state index in [0.29, 0.717) is 23.5 Å². The standard InChI is InChI=1S/C18H20N8O2/c1-3-21-18(28)24-16-7-13(15-4-5-23-26(15)2)14(10-22-16)11-6-12(9-20-8-11)17(27)25-19/h4-10H,3,19H2,1-2H3,(H,25,27)(H2,21,22,24,28). The zero-order valence-corrected chi connectivity index (χ0v) is 15.4. The molecule has 0 aliphatic heterocycles. The monoisotopic (exact) mass is 380 g/mol. The molecule has 0 spiro atoms. The third kappa shape index (κ3) is 3.96. The van der Waals surface area contributed by atoms with E-state index in [1.54, 1.807) is 35.4 Å². The van der Waals surface area contributed by atoms with Crippen LogP contribution in [-0.2, 0) is 7.05 Å². The first-order valence-corrected chi connectivity index (χ1v) is 8.53. The van der Waals surface area contributed by atoms with E-state index in [2.05, 4.69) is 31.1 Å². The van der Waals surface area contributed by atoms with Crippen LogP contribution < -0.4 is 21.9 Å². The molecular formula is C18H20N8O2. The summed E-state index contributed by atoms with van der Waals surface area (Å²) in [5.74, 6) is 5.15. The maximum absolute atomic E-state index is 11.8. The Morgan fingerprint density at radius 1 is 1.18 bits per heavy atom. The second-order valence-corrected chi connectivity index (χ2v) is 5.88. The Morgan fingerprint density at radius 2 is 2.00 bits per heavy atom. The lowest BCUT2D eigenvalue weighted by molar-refractivity contribution is 0.0953. The van der Waals surface area contributed by atoms with Crippen molar-refractivity contribution in [3.63, 3.8) is 0 Å². The van der Waals surface area contributed by atoms with E-state index in [9.17, 15) is 9.59 Å². The normalized spacial score (nSPS) is 10.4. The highest BCUT2D eigenvalue weighted by molar-refractivity contribution is 5.95. The number of aromatic nitrogens is 4. The lowest BCUT2D eigenvalue weighted by Crippen LogP contribution is -2.30. The van der Waals surface area contributed by atoms with Gasteiger partial charge >= 0.3 is 6.03 Å². The van der Waals surface area contributed by atoms with Gasteiger partial charge in [0.05, 0.1) is 11.3 Å². The smallest absolute Gasteiger partial charge is 0.320 e. The van der Waals surface area contributed by atoms with E-state index in [1.807, 2.05) is 20.0 Å². The first-order valence-electron chi connectivity index (χ1n) is 8.53. The van der Waals surface area contributed by atoms with Gasteiger partial charge in [-0.25, -0.2) is 15.6 Å². The fourth-order valence-electron chi connectivity index (χ4n) is 2.72. The summed E-state index contributed by atoms with van der Waals surface area (Å²) in [5, 5.41) is 9.56. The van der Waals surface area contributed by atoms with Gasteiger partial charge in [-0.2, -0.15) is 5.10 Å². The number of urea groups is 1. The van der Waals surface area contributed by atoms with Crippen LogP contribution in [0.4, 0.5) is 10.6 Å². The third-order valence-corrected chi connectivity index (χ3v) is 4.02. The molecule has 0 unspecified atom stereocenters. The van der Waals surface area contributed by atoms with Crippen LogP contribution in [0.3, 0.4) is 0 Å². The molecule has 3 rings (SSSR count). The van der Waals surface area contributed by atoms with E-state index in [0.717, 1.165) is 16.8 Å². The molecule has 0 aliphatic carbocycles. The number of aryl methyl sites for hydroxylation is 1. The molecule has 10 heteroatoms. The van der Waals surface area contributed by atoms with Crippen LogP contribution in [0.25, 0.3) is 22.4 Å². The Labute approximate surface area is 161 Å². The number of carbonyl (C=O) groups excluding carboxylic acids is 2. The molecule has 0 aliphatic rings. The maximum atomic E-state index is 11.8. The van der Waals surface area contributed by atoms with Gasteiger partial charge in [-0.15, -0.1) is 0 Å². The summed E-state index contributed by atoms with van der Waals surface area (Å²) in [6.45, 7) is 2.33. The molecule has 10 nitrogen and oxygen atoms in total. The zero-order valence-electron chi connectivity index (χ0n) is 15.4. The highest BCUT2D eigenvalue weighted by atomic mass is 16.2. The van der Waals surface area contributed by atoms with Gasteiger partial charge in [0.15, 0.2) is 0 Å². The number of nitrogens with one attached hydrogen (secondary N) is 3. The zero-order chi connectivity index (χ0) is 20.1. The third-order valence-electron chi connectivity index (χ3n) is 4.02. The second kappa shape index (κ2) is 8.27. The first-order chi connectivity index (χ1) is 13.5. The van der Waals surface area contributed by atoms with Crippen LogP contribution in [0.5, 0.6) is 0 Å². The summed E-state index contributed by atoms with van der Waals surface area (Å²) in [6.07, 6.45) is 6.34. The number of hydrazine groups is 1. The predicted molar refractivity (Wildman–Crippen MR) is 104 cm³/mol. The van der Waals surface area contributed by atoms with Crippen molar-refractivity contribution in [3.8, 4) is 22.4 Å². The number of nitrogens with zero attached hydrogens (tertiary/aromatic N) is 4. The van der Waals surface area contributed by atoms with E-state index >= 15 is 0 Å². The highest BCUT2D eigenvalue weighted by Crippen LogP contribution is 2.33. The van der Waals surface area contributed by atoms with Gasteiger partial charge < -0.3 is 5.32 Å². The topological polar surface area (TPSA) is 140 Å². The van der Waals surface area contributed by atoms with Crippen molar-refractivity contribution in [3.05, 3.63) is 48.5 Å². The van der Waals surface area contributed by atoms with Crippen molar-refractivity contribution in [2.75, 3.05) is 11.9 Å². The Kier molecular flexibility index (Phi) is 5.61. The van der Waals surface area contributed by atoms with Crippen molar-refractivity contribution >= 4 is 17.8 Å². The molecule has 0 atom stereocenters. The molecule has 144 valence electrons. The largest absolute Gasteiger partial charge is 0.338 e. The molecule has 3 aromatic heterocycles. The summed E-state index contributed by atoms with van der Waals surface area (Å²) >= 11 is 0. The van der Waals surface area contributed by atoms with Gasteiger partial charge in [-0.05, 0) is 25.1 Å². The van der Waals surface area contributed by atoms with E-state index in [1.165, 1.54) is 6.20 Å². The lowest BCUT2D eigenvalue weighted by atomic mass is 9.99. The molecule has 0 aromatic carbocycles. The van der Waals surface area contributed by atoms with Crippen LogP contribution in [0.2, 0.25) is 0 Å². The number of amides is 3. The fraction of sp³-hybridized carbons (Fsp3) is 0.167. The minimum absolute atomic E-state index is 0.320. The molecule has 3 aromatic rings. The lowest BCUT2D eigenvalue weighted by Gasteiger charge is -2.13. The van der Waals surface area contributed by atoms with Crippen molar-refractivity contribution in [1.29, 1.82) is 0 Å². The van der Waals surface area contributed by atoms with Crippen molar-refractivity contribution in [1.82, 2.24) is 30.5 Å². The van der Waals surface area contributed by atoms with Gasteiger partial charge in [0.25, 0.3) is 5.91 Å². The molecular weight excluding hydrogens is 360 g/mol. The second-order valence-electron chi connectivity index (χ2n) is 5.88. The molecule has 0 fully saturated rings. The Hall–Kier alpha value is -3.79. The summed E-state index contributed by atoms with van der Waals surface area (Å²) in [7, 11) is 1.81. The number of rotatable bonds is 5. The highest BCUT2D eigenvalue weighted by Gasteiger charge is 2.15. The van der Waals surface area contributed by atoms with Gasteiger partial charge in [-0.1, -0.05) is 0 Å². The van der Waals surface area contributed by atoms with Crippen LogP contribution in [-0.4, -0.2) is 38.2 Å². The number of anilines is 1. The van der Waals surface area contributed by atoms with Crippen LogP contribution >= 0.6 is 0 Å². The Bertz CT molecular complexity index is 1010. The summed E-state index contributed by atoms with van der Waals surface area (Å²) in [5.41, 5.74) is 5.39. The quantitative estimate of drug-likeness (QED) is 0.299. The SMILES string of the molecule is CCNC(=O)Nc1cc(-c2ccnn2C)c(-c2cncc(C(=O)NN)c2)cn1. The summed E-state index contributed by atoms with van der Waals surface area (Å²) < 4.78 is 1.71. The van der Waals surface area contributed by atoms with Gasteiger partial charge in [-0.3, -0.25) is 25.2 Å². The maximum Gasteiger partial charge on any atom is 0.320 e. The van der Waals surface area contributed by atoms with Crippen LogP contribution in [0.1, 0.15) is 17.3 Å². The average molecular weight is 380 g/mol. The molecule has 0 saturated heterocycles. The molecule has 5 N–H and O–H groups in total. The van der Waals surface area contributed by atoms with E-state index in [-0.39, 0.29) is 6.03 Å². The van der Waals surface area contributed by atoms with Crippen molar-refractivity contribution < 1.29 is 9.59 Å². The minimum atomic E-state index is -0.445. The van der Waals surface area contributed by atoms with Crippen molar-refractivity contribution in [2.45, 2.75) is 6.92 Å². The number of nitrogens with two attached hydrogens (primary N) is 1. The molecule has 28 heavy (non-hydrogen) atoms. The summed E-state index contributed by atoms with van der Waals surface area (Å²) in [4.78, 5) is 32.1. The minimum Gasteiger partial charge on any atom is -0.338 e. The van der Waals surface area contributed by atoms with Gasteiger partial charge in [0, 0.05) is 55.1 Å². The van der Waals surface area contributed by atoms with Crippen molar-refractivity contribution in [2.24, 2.45) is 12.9 Å². The molecule has 3 heterocycles. The molecule has 3 amide bonds. The Balaban J connectivity index is 2.09. The molecule has 0 saturated carbocycles. The number of carbonyl (C=O) groups is 2. The summed E-state index contributed by atoms with van der Waals surface area (Å²) in [6, 6.07) is 4.92. The molecule has 0 bridgehead atoms. The van der Waals surface area contributed by atoms with E-state index in [4.69, 9.17) is 5.84 Å². The number of hydrogen-bond acceptors (Lipinski definition) is 6. The number of hydrogen-bond donors (Lipinski definition) is 4. The Morgan fingerprint density at radius 3 is 2.68 bits per heavy atom. The van der Waals surface area contributed by atoms with Gasteiger partial charge in [0.1, 0.15) is 5.82 Å². The van der Waals surface area contributed by atoms with Crippen LogP contribution in [0.15, 0.2) is 43.0 Å². The number of nitrogen functional groups attached to an aromatic ring is 1. The van der Waals surface area contributed by atoms with E-state index < -0.39 is 5.91 Å². The van der Waals surface area contributed by atoms with Crippen LogP contribution in [0, 0.1) is 0 Å². The predicted octanol–water partition coefficient (Wildman–Crippen LogP) is 1.29. The first kappa shape index (κ1) is 19.0. The average Bonchev–Trinajstić information content (AvgIpc) is 3.13.